The highest BCUT2D eigenvalue weighted by Crippen LogP contribution is 2.39. The maximum atomic E-state index is 12.9. The Kier molecular flexibility index (Phi) is 4.22. The predicted molar refractivity (Wildman–Crippen MR) is 72.6 cm³/mol. The molecule has 0 spiro atoms. The molecule has 0 saturated heterocycles. The van der Waals surface area contributed by atoms with Crippen LogP contribution in [0.3, 0.4) is 0 Å². The van der Waals surface area contributed by atoms with Gasteiger partial charge < -0.3 is 9.84 Å². The molecule has 3 nitrogen and oxygen atoms in total. The Morgan fingerprint density at radius 2 is 1.67 bits per heavy atom. The Morgan fingerprint density at radius 3 is 2.29 bits per heavy atom. The van der Waals surface area contributed by atoms with E-state index in [0.29, 0.717) is 0 Å². The fourth-order valence-electron chi connectivity index (χ4n) is 1.71. The van der Waals surface area contributed by atoms with E-state index in [1.54, 1.807) is 0 Å². The molecule has 0 aliphatic carbocycles. The van der Waals surface area contributed by atoms with Gasteiger partial charge in [0.2, 0.25) is 0 Å². The summed E-state index contributed by atoms with van der Waals surface area (Å²) in [5, 5.41) is 9.12. The third kappa shape index (κ3) is 3.36. The van der Waals surface area contributed by atoms with Gasteiger partial charge in [-0.2, -0.15) is 13.2 Å². The molecule has 2 aromatic rings. The van der Waals surface area contributed by atoms with Gasteiger partial charge in [0.15, 0.2) is 0 Å². The summed E-state index contributed by atoms with van der Waals surface area (Å²) in [4.78, 5) is 11.2. The fraction of sp³-hybridized carbons (Fsp3) is 0.0714. The van der Waals surface area contributed by atoms with E-state index in [4.69, 9.17) is 9.84 Å². The van der Waals surface area contributed by atoms with Crippen LogP contribution in [0, 0.1) is 0 Å². The number of hydrogen-bond donors (Lipinski definition) is 1. The third-order valence-electron chi connectivity index (χ3n) is 2.60. The number of ether oxygens (including phenoxy) is 1. The molecule has 0 saturated carbocycles. The van der Waals surface area contributed by atoms with Gasteiger partial charge in [-0.25, -0.2) is 4.79 Å². The summed E-state index contributed by atoms with van der Waals surface area (Å²) >= 11 is 3.04. The molecule has 1 N–H and O–H groups in total. The largest absolute Gasteiger partial charge is 0.478 e. The van der Waals surface area contributed by atoms with Crippen molar-refractivity contribution in [2.75, 3.05) is 0 Å². The van der Waals surface area contributed by atoms with Crippen molar-refractivity contribution in [1.29, 1.82) is 0 Å². The first-order chi connectivity index (χ1) is 9.80. The van der Waals surface area contributed by atoms with Gasteiger partial charge in [0.1, 0.15) is 17.1 Å². The molecule has 21 heavy (non-hydrogen) atoms. The van der Waals surface area contributed by atoms with Crippen LogP contribution in [0.4, 0.5) is 13.2 Å². The Balaban J connectivity index is 2.50. The van der Waals surface area contributed by atoms with E-state index in [1.165, 1.54) is 30.3 Å². The summed E-state index contributed by atoms with van der Waals surface area (Å²) in [6.07, 6.45) is -4.59. The minimum atomic E-state index is -4.59. The zero-order chi connectivity index (χ0) is 15.6. The van der Waals surface area contributed by atoms with Gasteiger partial charge in [-0.05, 0) is 40.2 Å². The number of para-hydroxylation sites is 1. The van der Waals surface area contributed by atoms with Crippen molar-refractivity contribution >= 4 is 21.9 Å². The molecule has 7 heteroatoms. The molecule has 0 bridgehead atoms. The number of benzene rings is 2. The normalized spacial score (nSPS) is 11.2. The SMILES string of the molecule is O=C(O)c1c(Br)cccc1Oc1ccccc1C(F)(F)F. The van der Waals surface area contributed by atoms with Gasteiger partial charge in [0, 0.05) is 4.47 Å². The minimum absolute atomic E-state index is 0.173. The van der Waals surface area contributed by atoms with E-state index < -0.39 is 23.5 Å². The van der Waals surface area contributed by atoms with Crippen LogP contribution < -0.4 is 4.74 Å². The number of hydrogen-bond acceptors (Lipinski definition) is 2. The van der Waals surface area contributed by atoms with Gasteiger partial charge >= 0.3 is 12.1 Å². The number of halogens is 4. The van der Waals surface area contributed by atoms with Gasteiger partial charge in [0.05, 0.1) is 5.56 Å². The Hall–Kier alpha value is -2.02. The average Bonchev–Trinajstić information content (AvgIpc) is 2.37. The van der Waals surface area contributed by atoms with Crippen LogP contribution in [-0.4, -0.2) is 11.1 Å². The van der Waals surface area contributed by atoms with Crippen molar-refractivity contribution in [3.63, 3.8) is 0 Å². The molecule has 0 atom stereocenters. The summed E-state index contributed by atoms with van der Waals surface area (Å²) < 4.78 is 44.0. The monoisotopic (exact) mass is 360 g/mol. The van der Waals surface area contributed by atoms with E-state index in [2.05, 4.69) is 15.9 Å². The molecule has 0 aliphatic heterocycles. The molecule has 0 aliphatic rings. The van der Waals surface area contributed by atoms with E-state index in [0.717, 1.165) is 12.1 Å². The van der Waals surface area contributed by atoms with Crippen molar-refractivity contribution in [2.45, 2.75) is 6.18 Å². The highest BCUT2D eigenvalue weighted by atomic mass is 79.9. The third-order valence-corrected chi connectivity index (χ3v) is 3.26. The summed E-state index contributed by atoms with van der Waals surface area (Å²) in [7, 11) is 0. The second kappa shape index (κ2) is 5.77. The average molecular weight is 361 g/mol. The number of carbonyl (C=O) groups is 1. The van der Waals surface area contributed by atoms with Crippen LogP contribution in [-0.2, 0) is 6.18 Å². The second-order valence-electron chi connectivity index (χ2n) is 4.01. The summed E-state index contributed by atoms with van der Waals surface area (Å²) in [5.41, 5.74) is -1.21. The van der Waals surface area contributed by atoms with Crippen LogP contribution in [0.25, 0.3) is 0 Å². The number of rotatable bonds is 3. The number of alkyl halides is 3. The summed E-state index contributed by atoms with van der Waals surface area (Å²) in [6, 6.07) is 8.84. The number of carboxylic acids is 1. The lowest BCUT2D eigenvalue weighted by Crippen LogP contribution is -2.08. The lowest BCUT2D eigenvalue weighted by atomic mass is 10.1. The summed E-state index contributed by atoms with van der Waals surface area (Å²) in [5.74, 6) is -1.93. The number of carboxylic acid groups (broad SMARTS) is 1. The van der Waals surface area contributed by atoms with Crippen LogP contribution in [0.1, 0.15) is 15.9 Å². The smallest absolute Gasteiger partial charge is 0.419 e. The first-order valence-corrected chi connectivity index (χ1v) is 6.46. The lowest BCUT2D eigenvalue weighted by molar-refractivity contribution is -0.138. The lowest BCUT2D eigenvalue weighted by Gasteiger charge is -2.15. The molecule has 2 aromatic carbocycles. The standard InChI is InChI=1S/C14H8BrF3O3/c15-9-5-3-7-11(12(9)13(19)20)21-10-6-2-1-4-8(10)14(16,17)18/h1-7H,(H,19,20). The Bertz CT molecular complexity index is 683. The highest BCUT2D eigenvalue weighted by Gasteiger charge is 2.34. The van der Waals surface area contributed by atoms with E-state index in [9.17, 15) is 18.0 Å². The Labute approximate surface area is 126 Å². The molecule has 0 aromatic heterocycles. The minimum Gasteiger partial charge on any atom is -0.478 e. The van der Waals surface area contributed by atoms with Gasteiger partial charge in [-0.15, -0.1) is 0 Å². The summed E-state index contributed by atoms with van der Waals surface area (Å²) in [6.45, 7) is 0. The van der Waals surface area contributed by atoms with Crippen LogP contribution in [0.2, 0.25) is 0 Å². The number of aromatic carboxylic acids is 1. The van der Waals surface area contributed by atoms with E-state index in [1.807, 2.05) is 0 Å². The van der Waals surface area contributed by atoms with Gasteiger partial charge in [-0.3, -0.25) is 0 Å². The van der Waals surface area contributed by atoms with Crippen LogP contribution in [0.15, 0.2) is 46.9 Å². The molecule has 0 unspecified atom stereocenters. The zero-order valence-electron chi connectivity index (χ0n) is 10.3. The zero-order valence-corrected chi connectivity index (χ0v) is 11.9. The molecule has 0 heterocycles. The first kappa shape index (κ1) is 15.4. The molecule has 110 valence electrons. The molecular formula is C14H8BrF3O3. The predicted octanol–water partition coefficient (Wildman–Crippen LogP) is 4.96. The van der Waals surface area contributed by atoms with Gasteiger partial charge in [0.25, 0.3) is 0 Å². The molecular weight excluding hydrogens is 353 g/mol. The van der Waals surface area contributed by atoms with Crippen molar-refractivity contribution in [1.82, 2.24) is 0 Å². The maximum Gasteiger partial charge on any atom is 0.419 e. The molecule has 2 rings (SSSR count). The van der Waals surface area contributed by atoms with Crippen molar-refractivity contribution in [2.24, 2.45) is 0 Å². The molecule has 0 fully saturated rings. The van der Waals surface area contributed by atoms with Crippen LogP contribution >= 0.6 is 15.9 Å². The molecule has 0 amide bonds. The van der Waals surface area contributed by atoms with Gasteiger partial charge in [-0.1, -0.05) is 18.2 Å². The van der Waals surface area contributed by atoms with Crippen molar-refractivity contribution < 1.29 is 27.8 Å². The highest BCUT2D eigenvalue weighted by molar-refractivity contribution is 9.10. The quantitative estimate of drug-likeness (QED) is 0.841. The maximum absolute atomic E-state index is 12.9. The van der Waals surface area contributed by atoms with E-state index >= 15 is 0 Å². The molecule has 0 radical (unpaired) electrons. The Morgan fingerprint density at radius 1 is 1.05 bits per heavy atom. The van der Waals surface area contributed by atoms with Crippen LogP contribution in [0.5, 0.6) is 11.5 Å². The first-order valence-electron chi connectivity index (χ1n) is 5.66. The second-order valence-corrected chi connectivity index (χ2v) is 4.87. The van der Waals surface area contributed by atoms with E-state index in [-0.39, 0.29) is 15.8 Å². The topological polar surface area (TPSA) is 46.5 Å². The van der Waals surface area contributed by atoms with Crippen molar-refractivity contribution in [3.8, 4) is 11.5 Å². The fourth-order valence-corrected chi connectivity index (χ4v) is 2.22. The van der Waals surface area contributed by atoms with Crippen molar-refractivity contribution in [3.05, 3.63) is 58.1 Å².